The molecule has 0 fully saturated rings. The third-order valence-corrected chi connectivity index (χ3v) is 6.18. The number of aromatic nitrogens is 2. The Morgan fingerprint density at radius 3 is 2.40 bits per heavy atom. The first kappa shape index (κ1) is 14.6. The topological polar surface area (TPSA) is 16.8 Å². The van der Waals surface area contributed by atoms with Crippen LogP contribution < -0.4 is 4.57 Å². The van der Waals surface area contributed by atoms with Gasteiger partial charge in [-0.25, -0.2) is 4.57 Å². The Morgan fingerprint density at radius 1 is 0.880 bits per heavy atom. The molecular weight excluding hydrogens is 324 g/mol. The molecule has 0 saturated heterocycles. The minimum absolute atomic E-state index is 1.05. The second-order valence-electron chi connectivity index (χ2n) is 6.47. The summed E-state index contributed by atoms with van der Waals surface area (Å²) in [4.78, 5) is 5.99. The van der Waals surface area contributed by atoms with E-state index in [0.717, 1.165) is 5.52 Å². The number of thiophene rings is 1. The Balaban J connectivity index is 1.92. The molecule has 0 spiro atoms. The molecular formula is C22H17N2S+. The predicted octanol–water partition coefficient (Wildman–Crippen LogP) is 5.40. The van der Waals surface area contributed by atoms with Crippen LogP contribution in [0.3, 0.4) is 0 Å². The summed E-state index contributed by atoms with van der Waals surface area (Å²) in [5.41, 5.74) is 3.63. The Bertz CT molecular complexity index is 1270. The summed E-state index contributed by atoms with van der Waals surface area (Å²) in [6.45, 7) is 2.22. The Hall–Kier alpha value is -2.78. The van der Waals surface area contributed by atoms with Gasteiger partial charge in [0.05, 0.1) is 17.3 Å². The molecule has 2 nitrogen and oxygen atoms in total. The SMILES string of the molecule is Cc1c(-c2c3cc4ccccc4cc3nc[n+]2C)sc2ccccc12. The molecule has 3 heteroatoms. The summed E-state index contributed by atoms with van der Waals surface area (Å²) in [5.74, 6) is 0. The summed E-state index contributed by atoms with van der Waals surface area (Å²) in [6.07, 6.45) is 1.93. The molecule has 0 amide bonds. The van der Waals surface area contributed by atoms with E-state index in [1.54, 1.807) is 0 Å². The number of hydrogen-bond donors (Lipinski definition) is 0. The van der Waals surface area contributed by atoms with Gasteiger partial charge in [-0.1, -0.05) is 42.5 Å². The molecule has 0 radical (unpaired) electrons. The summed E-state index contributed by atoms with van der Waals surface area (Å²) in [6, 6.07) is 21.6. The van der Waals surface area contributed by atoms with Crippen molar-refractivity contribution < 1.29 is 4.57 Å². The molecule has 5 rings (SSSR count). The van der Waals surface area contributed by atoms with Crippen LogP contribution in [-0.2, 0) is 7.05 Å². The number of rotatable bonds is 1. The number of fused-ring (bicyclic) bond motifs is 3. The molecule has 0 aliphatic rings. The fraction of sp³-hybridized carbons (Fsp3) is 0.0909. The van der Waals surface area contributed by atoms with Crippen LogP contribution in [-0.4, -0.2) is 4.98 Å². The average Bonchev–Trinajstić information content (AvgIpc) is 2.97. The van der Waals surface area contributed by atoms with Crippen molar-refractivity contribution in [2.24, 2.45) is 7.05 Å². The molecule has 0 bridgehead atoms. The van der Waals surface area contributed by atoms with E-state index < -0.39 is 0 Å². The van der Waals surface area contributed by atoms with Crippen molar-refractivity contribution in [1.82, 2.24) is 4.98 Å². The van der Waals surface area contributed by atoms with Gasteiger partial charge >= 0.3 is 0 Å². The van der Waals surface area contributed by atoms with E-state index in [0.29, 0.717) is 0 Å². The predicted molar refractivity (Wildman–Crippen MR) is 106 cm³/mol. The van der Waals surface area contributed by atoms with Crippen molar-refractivity contribution in [2.45, 2.75) is 6.92 Å². The number of hydrogen-bond acceptors (Lipinski definition) is 2. The maximum absolute atomic E-state index is 4.67. The molecule has 2 heterocycles. The van der Waals surface area contributed by atoms with Crippen LogP contribution in [0.5, 0.6) is 0 Å². The zero-order valence-electron chi connectivity index (χ0n) is 14.2. The highest BCUT2D eigenvalue weighted by molar-refractivity contribution is 7.22. The van der Waals surface area contributed by atoms with E-state index in [1.807, 2.05) is 17.7 Å². The monoisotopic (exact) mass is 341 g/mol. The molecule has 0 N–H and O–H groups in total. The molecule has 0 aliphatic carbocycles. The zero-order valence-corrected chi connectivity index (χ0v) is 15.0. The first-order chi connectivity index (χ1) is 12.2. The smallest absolute Gasteiger partial charge is 0.231 e. The fourth-order valence-electron chi connectivity index (χ4n) is 3.60. The molecule has 25 heavy (non-hydrogen) atoms. The van der Waals surface area contributed by atoms with Gasteiger partial charge in [0.25, 0.3) is 6.33 Å². The standard InChI is InChI=1S/C22H17N2S/c1-14-17-9-5-6-10-20(17)25-22(14)21-18-11-15-7-3-4-8-16(15)12-19(18)23-13-24(21)2/h3-13H,1-2H3/q+1. The fourth-order valence-corrected chi connectivity index (χ4v) is 4.92. The maximum atomic E-state index is 4.67. The van der Waals surface area contributed by atoms with Gasteiger partial charge in [-0.15, -0.1) is 11.3 Å². The van der Waals surface area contributed by atoms with Gasteiger partial charge in [0.2, 0.25) is 0 Å². The quantitative estimate of drug-likeness (QED) is 0.294. The Labute approximate surface area is 150 Å². The van der Waals surface area contributed by atoms with Gasteiger partial charge in [-0.2, -0.15) is 0 Å². The van der Waals surface area contributed by atoms with Crippen LogP contribution >= 0.6 is 11.3 Å². The lowest BCUT2D eigenvalue weighted by Crippen LogP contribution is -2.31. The van der Waals surface area contributed by atoms with Gasteiger partial charge in [0.15, 0.2) is 11.2 Å². The lowest BCUT2D eigenvalue weighted by molar-refractivity contribution is -0.662. The second kappa shape index (κ2) is 5.36. The first-order valence-electron chi connectivity index (χ1n) is 8.38. The summed E-state index contributed by atoms with van der Waals surface area (Å²) in [7, 11) is 2.08. The minimum atomic E-state index is 1.05. The zero-order chi connectivity index (χ0) is 17.0. The molecule has 0 atom stereocenters. The third-order valence-electron chi connectivity index (χ3n) is 4.90. The highest BCUT2D eigenvalue weighted by Crippen LogP contribution is 2.39. The largest absolute Gasteiger partial charge is 0.287 e. The van der Waals surface area contributed by atoms with Crippen molar-refractivity contribution in [3.05, 3.63) is 72.6 Å². The minimum Gasteiger partial charge on any atom is -0.231 e. The molecule has 120 valence electrons. The lowest BCUT2D eigenvalue weighted by atomic mass is 10.0. The number of aryl methyl sites for hydroxylation is 2. The molecule has 3 aromatic carbocycles. The third kappa shape index (κ3) is 2.16. The van der Waals surface area contributed by atoms with Crippen LogP contribution in [0.15, 0.2) is 67.0 Å². The molecule has 0 unspecified atom stereocenters. The molecule has 5 aromatic rings. The number of nitrogens with zero attached hydrogens (tertiary/aromatic N) is 2. The normalized spacial score (nSPS) is 11.6. The summed E-state index contributed by atoms with van der Waals surface area (Å²) >= 11 is 1.86. The molecule has 2 aromatic heterocycles. The molecule has 0 aliphatic heterocycles. The van der Waals surface area contributed by atoms with Gasteiger partial charge in [0, 0.05) is 4.70 Å². The maximum Gasteiger partial charge on any atom is 0.287 e. The van der Waals surface area contributed by atoms with E-state index in [-0.39, 0.29) is 0 Å². The van der Waals surface area contributed by atoms with Crippen molar-refractivity contribution in [1.29, 1.82) is 0 Å². The van der Waals surface area contributed by atoms with Crippen LogP contribution in [0.4, 0.5) is 0 Å². The van der Waals surface area contributed by atoms with E-state index in [9.17, 15) is 0 Å². The molecule has 0 saturated carbocycles. The van der Waals surface area contributed by atoms with E-state index >= 15 is 0 Å². The highest BCUT2D eigenvalue weighted by Gasteiger charge is 2.20. The van der Waals surface area contributed by atoms with E-state index in [2.05, 4.69) is 84.2 Å². The van der Waals surface area contributed by atoms with E-state index in [1.165, 1.54) is 42.4 Å². The van der Waals surface area contributed by atoms with Crippen molar-refractivity contribution in [3.8, 4) is 10.6 Å². The van der Waals surface area contributed by atoms with Crippen molar-refractivity contribution in [2.75, 3.05) is 0 Å². The van der Waals surface area contributed by atoms with Crippen molar-refractivity contribution in [3.63, 3.8) is 0 Å². The summed E-state index contributed by atoms with van der Waals surface area (Å²) < 4.78 is 3.48. The van der Waals surface area contributed by atoms with Gasteiger partial charge in [-0.05, 0) is 51.8 Å². The summed E-state index contributed by atoms with van der Waals surface area (Å²) in [5, 5.41) is 5.03. The second-order valence-corrected chi connectivity index (χ2v) is 7.53. The van der Waals surface area contributed by atoms with E-state index in [4.69, 9.17) is 0 Å². The average molecular weight is 341 g/mol. The lowest BCUT2D eigenvalue weighted by Gasteiger charge is -2.06. The van der Waals surface area contributed by atoms with Gasteiger partial charge < -0.3 is 0 Å². The first-order valence-corrected chi connectivity index (χ1v) is 9.19. The van der Waals surface area contributed by atoms with Crippen LogP contribution in [0, 0.1) is 6.92 Å². The van der Waals surface area contributed by atoms with Crippen LogP contribution in [0.1, 0.15) is 5.56 Å². The highest BCUT2D eigenvalue weighted by atomic mass is 32.1. The van der Waals surface area contributed by atoms with Gasteiger partial charge in [0.1, 0.15) is 0 Å². The number of benzene rings is 3. The van der Waals surface area contributed by atoms with Crippen molar-refractivity contribution >= 4 is 43.1 Å². The Morgan fingerprint density at radius 2 is 1.60 bits per heavy atom. The Kier molecular flexibility index (Phi) is 3.12. The van der Waals surface area contributed by atoms with Crippen LogP contribution in [0.25, 0.3) is 42.3 Å². The van der Waals surface area contributed by atoms with Gasteiger partial charge in [-0.3, -0.25) is 0 Å². The van der Waals surface area contributed by atoms with Crippen LogP contribution in [0.2, 0.25) is 0 Å².